The molecule has 2 saturated heterocycles. The number of hydrogen-bond donors (Lipinski definition) is 1. The van der Waals surface area contributed by atoms with Crippen molar-refractivity contribution in [2.24, 2.45) is 5.92 Å². The van der Waals surface area contributed by atoms with E-state index >= 15 is 0 Å². The van der Waals surface area contributed by atoms with Gasteiger partial charge >= 0.3 is 5.97 Å². The third kappa shape index (κ3) is 2.88. The summed E-state index contributed by atoms with van der Waals surface area (Å²) in [5.74, 6) is -0.702. The minimum Gasteiger partial charge on any atom is -0.481 e. The molecule has 30 heavy (non-hydrogen) atoms. The van der Waals surface area contributed by atoms with Crippen molar-refractivity contribution in [3.63, 3.8) is 0 Å². The molecule has 0 aliphatic carbocycles. The van der Waals surface area contributed by atoms with Crippen LogP contribution in [0.25, 0.3) is 11.0 Å². The van der Waals surface area contributed by atoms with Gasteiger partial charge in [0.25, 0.3) is 5.91 Å². The molecule has 7 nitrogen and oxygen atoms in total. The number of nitrogens with zero attached hydrogens (tertiary/aromatic N) is 4. The van der Waals surface area contributed by atoms with Crippen LogP contribution in [-0.2, 0) is 4.79 Å². The number of rotatable bonds is 3. The second-order valence-electron chi connectivity index (χ2n) is 8.14. The fourth-order valence-corrected chi connectivity index (χ4v) is 5.30. The summed E-state index contributed by atoms with van der Waals surface area (Å²) < 4.78 is 1.38. The molecule has 2 bridgehead atoms. The summed E-state index contributed by atoms with van der Waals surface area (Å²) in [7, 11) is 0. The second-order valence-corrected chi connectivity index (χ2v) is 8.55. The van der Waals surface area contributed by atoms with E-state index in [2.05, 4.69) is 9.88 Å². The molecule has 0 saturated carbocycles. The highest BCUT2D eigenvalue weighted by Gasteiger charge is 2.45. The van der Waals surface area contributed by atoms with Crippen LogP contribution >= 0.6 is 11.6 Å². The summed E-state index contributed by atoms with van der Waals surface area (Å²) in [4.78, 5) is 31.7. The zero-order valence-electron chi connectivity index (χ0n) is 16.5. The van der Waals surface area contributed by atoms with Crippen LogP contribution in [0, 0.1) is 12.8 Å². The Morgan fingerprint density at radius 3 is 2.53 bits per heavy atom. The molecule has 0 spiro atoms. The highest BCUT2D eigenvalue weighted by molar-refractivity contribution is 6.34. The summed E-state index contributed by atoms with van der Waals surface area (Å²) in [6.07, 6.45) is 4.71. The smallest absolute Gasteiger partial charge is 0.306 e. The van der Waals surface area contributed by atoms with Gasteiger partial charge in [-0.2, -0.15) is 4.68 Å². The van der Waals surface area contributed by atoms with Gasteiger partial charge in [-0.05, 0) is 56.4 Å². The Labute approximate surface area is 178 Å². The minimum atomic E-state index is -0.732. The van der Waals surface area contributed by atoms with Crippen LogP contribution < -0.4 is 4.90 Å². The molecule has 3 aromatic rings. The Balaban J connectivity index is 1.61. The summed E-state index contributed by atoms with van der Waals surface area (Å²) in [5.41, 5.74) is 2.48. The number of aryl methyl sites for hydroxylation is 1. The molecule has 8 heteroatoms. The Hall–Kier alpha value is -2.93. The fraction of sp³-hybridized carbons (Fsp3) is 0.364. The van der Waals surface area contributed by atoms with Gasteiger partial charge in [0.2, 0.25) is 0 Å². The number of benzene rings is 1. The number of piperidine rings is 1. The zero-order valence-corrected chi connectivity index (χ0v) is 17.2. The molecule has 2 atom stereocenters. The normalized spacial score (nSPS) is 23.1. The SMILES string of the molecule is Cc1cccc(Cl)c1C(=O)n1nc(N2C3CCC2CC(C(=O)O)C3)c2ncccc21. The Bertz CT molecular complexity index is 1140. The molecule has 1 aromatic carbocycles. The van der Waals surface area contributed by atoms with Crippen LogP contribution in [0.4, 0.5) is 5.82 Å². The highest BCUT2D eigenvalue weighted by Crippen LogP contribution is 2.43. The molecule has 154 valence electrons. The number of carbonyl (C=O) groups is 2. The number of carboxylic acids is 1. The van der Waals surface area contributed by atoms with E-state index in [0.29, 0.717) is 40.3 Å². The van der Waals surface area contributed by atoms with Crippen LogP contribution in [0.2, 0.25) is 5.02 Å². The number of halogens is 1. The fourth-order valence-electron chi connectivity index (χ4n) is 5.00. The Morgan fingerprint density at radius 1 is 1.13 bits per heavy atom. The quantitative estimate of drug-likeness (QED) is 0.685. The van der Waals surface area contributed by atoms with Crippen molar-refractivity contribution in [1.82, 2.24) is 14.8 Å². The van der Waals surface area contributed by atoms with Gasteiger partial charge in [0.15, 0.2) is 5.82 Å². The van der Waals surface area contributed by atoms with E-state index in [9.17, 15) is 14.7 Å². The standard InChI is InChI=1S/C22H21ClN4O3/c1-12-4-2-5-16(23)18(12)21(28)27-17-6-3-9-24-19(17)20(25-27)26-14-7-8-15(26)11-13(10-14)22(29)30/h2-6,9,13-15H,7-8,10-11H2,1H3,(H,29,30). The predicted molar refractivity (Wildman–Crippen MR) is 113 cm³/mol. The molecule has 4 heterocycles. The lowest BCUT2D eigenvalue weighted by Gasteiger charge is -2.37. The summed E-state index contributed by atoms with van der Waals surface area (Å²) in [5, 5.41) is 14.6. The molecular formula is C22H21ClN4O3. The molecule has 2 fully saturated rings. The summed E-state index contributed by atoms with van der Waals surface area (Å²) in [6, 6.07) is 9.15. The van der Waals surface area contributed by atoms with Gasteiger partial charge < -0.3 is 10.0 Å². The second kappa shape index (κ2) is 7.09. The molecule has 2 unspecified atom stereocenters. The first-order valence-electron chi connectivity index (χ1n) is 10.1. The van der Waals surface area contributed by atoms with Crippen LogP contribution in [-0.4, -0.2) is 43.8 Å². The van der Waals surface area contributed by atoms with Crippen LogP contribution in [0.1, 0.15) is 41.6 Å². The highest BCUT2D eigenvalue weighted by atomic mass is 35.5. The van der Waals surface area contributed by atoms with E-state index in [1.165, 1.54) is 4.68 Å². The minimum absolute atomic E-state index is 0.0931. The van der Waals surface area contributed by atoms with Crippen molar-refractivity contribution in [3.8, 4) is 0 Å². The van der Waals surface area contributed by atoms with Gasteiger partial charge in [-0.3, -0.25) is 14.6 Å². The maximum Gasteiger partial charge on any atom is 0.306 e. The van der Waals surface area contributed by atoms with Crippen molar-refractivity contribution in [2.75, 3.05) is 4.90 Å². The molecule has 2 aromatic heterocycles. The number of carboxylic acid groups (broad SMARTS) is 1. The number of hydrogen-bond acceptors (Lipinski definition) is 5. The topological polar surface area (TPSA) is 88.3 Å². The summed E-state index contributed by atoms with van der Waals surface area (Å²) in [6.45, 7) is 1.85. The Morgan fingerprint density at radius 2 is 1.87 bits per heavy atom. The van der Waals surface area contributed by atoms with Crippen molar-refractivity contribution in [1.29, 1.82) is 0 Å². The molecule has 0 amide bonds. The number of aromatic nitrogens is 3. The maximum absolute atomic E-state index is 13.4. The van der Waals surface area contributed by atoms with E-state index in [4.69, 9.17) is 16.7 Å². The molecule has 2 aliphatic heterocycles. The first-order valence-corrected chi connectivity index (χ1v) is 10.5. The van der Waals surface area contributed by atoms with Crippen molar-refractivity contribution < 1.29 is 14.7 Å². The number of fused-ring (bicyclic) bond motifs is 3. The van der Waals surface area contributed by atoms with E-state index in [1.807, 2.05) is 25.1 Å². The molecule has 5 rings (SSSR count). The van der Waals surface area contributed by atoms with Gasteiger partial charge in [0, 0.05) is 18.3 Å². The van der Waals surface area contributed by atoms with Gasteiger partial charge in [-0.25, -0.2) is 0 Å². The monoisotopic (exact) mass is 424 g/mol. The van der Waals surface area contributed by atoms with Crippen molar-refractivity contribution >= 4 is 40.3 Å². The number of anilines is 1. The number of aliphatic carboxylic acids is 1. The lowest BCUT2D eigenvalue weighted by molar-refractivity contribution is -0.142. The van der Waals surface area contributed by atoms with Crippen LogP contribution in [0.3, 0.4) is 0 Å². The largest absolute Gasteiger partial charge is 0.481 e. The first kappa shape index (κ1) is 19.1. The average molecular weight is 425 g/mol. The van der Waals surface area contributed by atoms with Crippen LogP contribution in [0.5, 0.6) is 0 Å². The molecule has 2 aliphatic rings. The van der Waals surface area contributed by atoms with Gasteiger partial charge in [-0.15, -0.1) is 5.10 Å². The predicted octanol–water partition coefficient (Wildman–Crippen LogP) is 3.91. The first-order chi connectivity index (χ1) is 14.5. The average Bonchev–Trinajstić information content (AvgIpc) is 3.21. The van der Waals surface area contributed by atoms with E-state index in [-0.39, 0.29) is 23.9 Å². The van der Waals surface area contributed by atoms with Crippen molar-refractivity contribution in [2.45, 2.75) is 44.7 Å². The van der Waals surface area contributed by atoms with Gasteiger partial charge in [0.05, 0.1) is 22.0 Å². The lowest BCUT2D eigenvalue weighted by atomic mass is 9.91. The zero-order chi connectivity index (χ0) is 21.0. The van der Waals surface area contributed by atoms with E-state index < -0.39 is 5.97 Å². The summed E-state index contributed by atoms with van der Waals surface area (Å²) >= 11 is 6.34. The van der Waals surface area contributed by atoms with Crippen LogP contribution in [0.15, 0.2) is 36.5 Å². The number of carbonyl (C=O) groups excluding carboxylic acids is 1. The van der Waals surface area contributed by atoms with E-state index in [1.54, 1.807) is 18.3 Å². The van der Waals surface area contributed by atoms with E-state index in [0.717, 1.165) is 18.4 Å². The Kier molecular flexibility index (Phi) is 4.50. The molecule has 0 radical (unpaired) electrons. The third-order valence-corrected chi connectivity index (χ3v) is 6.69. The van der Waals surface area contributed by atoms with Gasteiger partial charge in [0.1, 0.15) is 5.52 Å². The third-order valence-electron chi connectivity index (χ3n) is 6.38. The molecule has 1 N–H and O–H groups in total. The van der Waals surface area contributed by atoms with Crippen molar-refractivity contribution in [3.05, 3.63) is 52.7 Å². The lowest BCUT2D eigenvalue weighted by Crippen LogP contribution is -2.45. The van der Waals surface area contributed by atoms with Gasteiger partial charge in [-0.1, -0.05) is 23.7 Å². The maximum atomic E-state index is 13.4. The molecular weight excluding hydrogens is 404 g/mol. The number of pyridine rings is 1.